The summed E-state index contributed by atoms with van der Waals surface area (Å²) in [6.07, 6.45) is 4.34. The molecule has 0 fully saturated rings. The first kappa shape index (κ1) is 91.0. The van der Waals surface area contributed by atoms with Crippen LogP contribution in [-0.2, 0) is 16.8 Å². The lowest BCUT2D eigenvalue weighted by molar-refractivity contribution is 0.0684. The quantitative estimate of drug-likeness (QED) is 0.0341. The van der Waals surface area contributed by atoms with Gasteiger partial charge in [0, 0.05) is 105 Å². The number of para-hydroxylation sites is 8. The number of carboxylic acid groups (broad SMARTS) is 2. The number of rotatable bonds is 16. The van der Waals surface area contributed by atoms with Crippen LogP contribution in [0.1, 0.15) is 33.7 Å². The van der Waals surface area contributed by atoms with E-state index in [2.05, 4.69) is 154 Å². The minimum atomic E-state index is -4.67. The van der Waals surface area contributed by atoms with Crippen molar-refractivity contribution in [3.63, 3.8) is 0 Å². The molecule has 0 saturated carbocycles. The highest BCUT2D eigenvalue weighted by Gasteiger charge is 2.27. The Kier molecular flexibility index (Phi) is 25.3. The van der Waals surface area contributed by atoms with Gasteiger partial charge >= 0.3 is 22.3 Å². The Bertz CT molecular complexity index is 9020. The number of furan rings is 5. The van der Waals surface area contributed by atoms with Gasteiger partial charge in [-0.2, -0.15) is 8.42 Å². The Labute approximate surface area is 819 Å². The number of halogens is 1. The van der Waals surface area contributed by atoms with Crippen LogP contribution >= 0.6 is 22.6 Å². The molecule has 5 N–H and O–H groups in total. The van der Waals surface area contributed by atoms with Gasteiger partial charge in [-0.25, -0.2) is 9.59 Å². The molecule has 0 saturated heterocycles. The molecule has 0 unspecified atom stereocenters. The summed E-state index contributed by atoms with van der Waals surface area (Å²) in [5.74, 6) is 0.111. The lowest BCUT2D eigenvalue weighted by Gasteiger charge is -2.26. The fraction of sp³-hybridized carbons (Fsp3) is 0.0254. The average Bonchev–Trinajstić information content (AvgIpc) is 1.68. The maximum atomic E-state index is 13.6. The van der Waals surface area contributed by atoms with Gasteiger partial charge in [0.05, 0.1) is 52.5 Å². The first-order valence-electron chi connectivity index (χ1n) is 44.4. The molecule has 0 bridgehead atoms. The minimum Gasteiger partial charge on any atom is -0.508 e. The van der Waals surface area contributed by atoms with Crippen molar-refractivity contribution in [2.75, 3.05) is 21.3 Å². The molecule has 141 heavy (non-hydrogen) atoms. The standard InChI is InChI=1S/C39H25NO5.C39H23NO4.C32H23NO3.C7H5IO2.CH4.H2O4S/c41-39(42)32-11-5-7-13-36(32)44-30-17-15-28(16-18-30)40(27-8-2-1-3-9-27)29-23-33(25-14-19-34-26(22-25)20-21-43-34)38-31-10-4-6-12-35(31)45-37(38)24-29;41-39-30-11-5-7-13-35(30)43-36-17-15-27(21-32(36)39)40(26-8-2-1-3-9-26)28-22-31(24-14-16-33-25(20-24)18-19-42-33)38-29-10-4-6-12-34(29)44-37(38)23-28;34-26-13-11-24(12-14-26)33(23-6-2-1-3-7-23)25-19-28(21-10-15-29-22(18-21)16-17-35-29)32-27-8-4-5-9-30(27)36-31(32)20-25;8-6-4-2-1-3-5(6)7(9)10;;1-5(2,3)4/h1-24H,(H,41,42);1-23H;1-15,18-20,34H,16-17H2;1-4H,(H,9,10);1H4;(H2,1,2,3,4). The number of carboxylic acids is 2. The van der Waals surface area contributed by atoms with E-state index in [-0.39, 0.29) is 29.9 Å². The lowest BCUT2D eigenvalue weighted by atomic mass is 9.96. The van der Waals surface area contributed by atoms with Crippen molar-refractivity contribution in [1.82, 2.24) is 0 Å². The number of ether oxygens (including phenoxy) is 2. The molecule has 0 aliphatic carbocycles. The molecule has 0 amide bonds. The van der Waals surface area contributed by atoms with Crippen LogP contribution in [0.25, 0.3) is 143 Å². The number of benzene rings is 18. The number of nitrogens with zero attached hydrogens (tertiary/aromatic N) is 3. The van der Waals surface area contributed by atoms with E-state index >= 15 is 0 Å². The highest BCUT2D eigenvalue weighted by molar-refractivity contribution is 14.1. The van der Waals surface area contributed by atoms with Gasteiger partial charge in [0.15, 0.2) is 0 Å². The number of phenols is 1. The molecule has 0 atom stereocenters. The van der Waals surface area contributed by atoms with E-state index < -0.39 is 22.3 Å². The molecule has 23 heteroatoms. The minimum absolute atomic E-state index is 0. The van der Waals surface area contributed by atoms with Crippen molar-refractivity contribution in [2.45, 2.75) is 13.8 Å². The Hall–Kier alpha value is -17.8. The molecule has 7 heterocycles. The van der Waals surface area contributed by atoms with Crippen LogP contribution in [-0.4, -0.2) is 51.4 Å². The molecule has 0 spiro atoms. The molecule has 1 aliphatic heterocycles. The summed E-state index contributed by atoms with van der Waals surface area (Å²) in [4.78, 5) is 42.3. The third-order valence-corrected chi connectivity index (χ3v) is 25.1. The number of anilines is 9. The highest BCUT2D eigenvalue weighted by atomic mass is 127. The largest absolute Gasteiger partial charge is 0.508 e. The van der Waals surface area contributed by atoms with Crippen molar-refractivity contribution in [2.24, 2.45) is 0 Å². The van der Waals surface area contributed by atoms with Gasteiger partial charge in [0.2, 0.25) is 5.43 Å². The van der Waals surface area contributed by atoms with Crippen molar-refractivity contribution >= 4 is 206 Å². The summed E-state index contributed by atoms with van der Waals surface area (Å²) in [7, 11) is -4.67. The predicted octanol–water partition coefficient (Wildman–Crippen LogP) is 32.0. The van der Waals surface area contributed by atoms with E-state index in [1.807, 2.05) is 229 Å². The van der Waals surface area contributed by atoms with Crippen LogP contribution in [0.4, 0.5) is 51.2 Å². The van der Waals surface area contributed by atoms with Crippen LogP contribution in [0, 0.1) is 3.57 Å². The van der Waals surface area contributed by atoms with E-state index in [1.54, 1.807) is 67.1 Å². The molecule has 1 aliphatic rings. The molecule has 18 aromatic carbocycles. The summed E-state index contributed by atoms with van der Waals surface area (Å²) < 4.78 is 80.8. The first-order chi connectivity index (χ1) is 68.3. The van der Waals surface area contributed by atoms with Crippen molar-refractivity contribution in [1.29, 1.82) is 0 Å². The number of phenolic OH excluding ortho intramolecular Hbond substituents is 1. The van der Waals surface area contributed by atoms with Gasteiger partial charge in [-0.05, 0) is 286 Å². The number of aromatic carboxylic acids is 2. The smallest absolute Gasteiger partial charge is 0.394 e. The molecular weight excluding hydrogens is 1910 g/mol. The van der Waals surface area contributed by atoms with Crippen LogP contribution in [0.2, 0.25) is 0 Å². The fourth-order valence-electron chi connectivity index (χ4n) is 18.0. The Morgan fingerprint density at radius 1 is 0.333 bits per heavy atom. The van der Waals surface area contributed by atoms with Gasteiger partial charge < -0.3 is 66.0 Å². The van der Waals surface area contributed by atoms with E-state index in [4.69, 9.17) is 58.6 Å². The molecule has 25 rings (SSSR count). The first-order valence-corrected chi connectivity index (χ1v) is 46.9. The van der Waals surface area contributed by atoms with E-state index in [0.29, 0.717) is 33.3 Å². The Balaban J connectivity index is 0.000000121. The maximum Gasteiger partial charge on any atom is 0.394 e. The van der Waals surface area contributed by atoms with E-state index in [0.717, 1.165) is 195 Å². The van der Waals surface area contributed by atoms with Gasteiger partial charge in [-0.1, -0.05) is 171 Å². The van der Waals surface area contributed by atoms with Gasteiger partial charge in [-0.15, -0.1) is 0 Å². The second-order valence-corrected chi connectivity index (χ2v) is 35.0. The highest BCUT2D eigenvalue weighted by Crippen LogP contribution is 2.50. The molecule has 6 aromatic heterocycles. The SMILES string of the molecule is C.O=C(O)c1ccccc1I.O=C(O)c1ccccc1Oc1ccc(N(c2ccccc2)c2cc(-c3ccc4occc4c3)c3c(c2)oc2ccccc23)cc1.O=S(=O)(O)O.O=c1c2ccccc2oc2ccc(N(c3ccccc3)c3cc(-c4ccc5occc5c4)c4c(c3)oc3ccccc34)cc12.Oc1ccc(N(c2ccccc2)c2cc(-c3ccc4c(c3)CCO4)c3c(c2)oc2ccccc23)cc1. The van der Waals surface area contributed by atoms with E-state index in [9.17, 15) is 24.6 Å². The number of fused-ring (bicyclic) bond motifs is 14. The van der Waals surface area contributed by atoms with Gasteiger partial charge in [0.25, 0.3) is 0 Å². The van der Waals surface area contributed by atoms with Gasteiger partial charge in [0.1, 0.15) is 84.4 Å². The zero-order chi connectivity index (χ0) is 95.7. The lowest BCUT2D eigenvalue weighted by Crippen LogP contribution is -2.11. The molecule has 21 nitrogen and oxygen atoms in total. The Morgan fingerprint density at radius 3 is 1.16 bits per heavy atom. The van der Waals surface area contributed by atoms with E-state index in [1.165, 1.54) is 11.6 Å². The van der Waals surface area contributed by atoms with Crippen LogP contribution in [0.5, 0.6) is 23.0 Å². The second-order valence-electron chi connectivity index (χ2n) is 32.9. The molecule has 0 radical (unpaired) electrons. The summed E-state index contributed by atoms with van der Waals surface area (Å²) in [6.45, 7) is 0.728. The monoisotopic (exact) mass is 1990 g/mol. The average molecular weight is 1990 g/mol. The summed E-state index contributed by atoms with van der Waals surface area (Å²) >= 11 is 1.99. The van der Waals surface area contributed by atoms with Crippen molar-refractivity contribution in [3.05, 3.63) is 449 Å². The Morgan fingerprint density at radius 2 is 0.695 bits per heavy atom. The third-order valence-electron chi connectivity index (χ3n) is 24.2. The van der Waals surface area contributed by atoms with Crippen LogP contribution < -0.4 is 29.6 Å². The number of hydrogen-bond acceptors (Lipinski definition) is 17. The molecule has 690 valence electrons. The number of carbonyl (C=O) groups is 2. The molecular formula is C118H82IN3O18S. The topological polar surface area (TPSA) is 294 Å². The number of aromatic hydroxyl groups is 1. The summed E-state index contributed by atoms with van der Waals surface area (Å²) in [5.41, 5.74) is 24.2. The predicted molar refractivity (Wildman–Crippen MR) is 566 cm³/mol. The van der Waals surface area contributed by atoms with Crippen molar-refractivity contribution < 1.29 is 78.4 Å². The van der Waals surface area contributed by atoms with Crippen molar-refractivity contribution in [3.8, 4) is 56.4 Å². The summed E-state index contributed by atoms with van der Waals surface area (Å²) in [6, 6.07) is 132. The number of hydrogen-bond donors (Lipinski definition) is 5. The van der Waals surface area contributed by atoms with Crippen LogP contribution in [0.3, 0.4) is 0 Å². The van der Waals surface area contributed by atoms with Crippen LogP contribution in [0.15, 0.2) is 450 Å². The fourth-order valence-corrected chi connectivity index (χ4v) is 18.6. The molecule has 24 aromatic rings. The third kappa shape index (κ3) is 18.8. The summed E-state index contributed by atoms with van der Waals surface area (Å²) in [5, 5.41) is 37.6. The normalized spacial score (nSPS) is 11.5. The maximum absolute atomic E-state index is 13.6. The zero-order valence-corrected chi connectivity index (χ0v) is 76.9. The zero-order valence-electron chi connectivity index (χ0n) is 73.9. The second kappa shape index (κ2) is 39.2. The van der Waals surface area contributed by atoms with Gasteiger partial charge in [-0.3, -0.25) is 13.9 Å².